The third-order valence-electron chi connectivity index (χ3n) is 5.58. The van der Waals surface area contributed by atoms with Gasteiger partial charge >= 0.3 is 0 Å². The van der Waals surface area contributed by atoms with Gasteiger partial charge in [0.2, 0.25) is 11.9 Å². The Bertz CT molecular complexity index is 1080. The highest BCUT2D eigenvalue weighted by atomic mass is 16.1. The van der Waals surface area contributed by atoms with Crippen LogP contribution in [-0.4, -0.2) is 63.8 Å². The number of piperazine rings is 1. The second-order valence-electron chi connectivity index (χ2n) is 8.16. The lowest BCUT2D eigenvalue weighted by molar-refractivity contribution is 0.0993. The van der Waals surface area contributed by atoms with Gasteiger partial charge in [-0.2, -0.15) is 15.0 Å². The topological polar surface area (TPSA) is 87.1 Å². The largest absolute Gasteiger partial charge is 0.338 e. The summed E-state index contributed by atoms with van der Waals surface area (Å²) < 4.78 is 0. The predicted molar refractivity (Wildman–Crippen MR) is 126 cm³/mol. The van der Waals surface area contributed by atoms with Crippen molar-refractivity contribution in [2.75, 3.05) is 43.4 Å². The Morgan fingerprint density at radius 2 is 1.78 bits per heavy atom. The number of ketones is 1. The van der Waals surface area contributed by atoms with Gasteiger partial charge in [0, 0.05) is 50.8 Å². The van der Waals surface area contributed by atoms with Gasteiger partial charge in [-0.3, -0.25) is 4.79 Å². The van der Waals surface area contributed by atoms with Gasteiger partial charge in [-0.25, -0.2) is 4.98 Å². The zero-order valence-corrected chi connectivity index (χ0v) is 18.9. The van der Waals surface area contributed by atoms with E-state index >= 15 is 0 Å². The zero-order chi connectivity index (χ0) is 22.5. The molecule has 0 bridgehead atoms. The van der Waals surface area contributed by atoms with Crippen molar-refractivity contribution in [3.05, 3.63) is 65.1 Å². The molecule has 1 saturated heterocycles. The Hall–Kier alpha value is -3.39. The van der Waals surface area contributed by atoms with E-state index in [1.165, 1.54) is 5.56 Å². The Labute approximate surface area is 188 Å². The summed E-state index contributed by atoms with van der Waals surface area (Å²) in [6.45, 7) is 7.77. The predicted octanol–water partition coefficient (Wildman–Crippen LogP) is 3.06. The van der Waals surface area contributed by atoms with Crippen LogP contribution in [0.3, 0.4) is 0 Å². The minimum Gasteiger partial charge on any atom is -0.338 e. The van der Waals surface area contributed by atoms with Crippen molar-refractivity contribution in [2.45, 2.75) is 26.7 Å². The fraction of sp³-hybridized carbons (Fsp3) is 0.375. The van der Waals surface area contributed by atoms with Gasteiger partial charge in [-0.1, -0.05) is 36.8 Å². The van der Waals surface area contributed by atoms with Gasteiger partial charge < -0.3 is 15.1 Å². The SMILES string of the molecule is CCc1nc(Nc2cc(C(=O)Cc3ccc(C)cc3)ccn2)nc(N2CCN(C)CC2)n1. The smallest absolute Gasteiger partial charge is 0.233 e. The molecule has 1 aliphatic rings. The monoisotopic (exact) mass is 431 g/mol. The van der Waals surface area contributed by atoms with E-state index in [9.17, 15) is 4.79 Å². The van der Waals surface area contributed by atoms with E-state index in [1.54, 1.807) is 18.3 Å². The second kappa shape index (κ2) is 9.82. The van der Waals surface area contributed by atoms with Crippen LogP contribution in [0.25, 0.3) is 0 Å². The van der Waals surface area contributed by atoms with Gasteiger partial charge in [0.15, 0.2) is 5.78 Å². The molecule has 1 fully saturated rings. The van der Waals surface area contributed by atoms with E-state index in [0.717, 1.165) is 37.6 Å². The number of nitrogens with zero attached hydrogens (tertiary/aromatic N) is 6. The maximum atomic E-state index is 12.8. The van der Waals surface area contributed by atoms with Crippen LogP contribution in [-0.2, 0) is 12.8 Å². The zero-order valence-electron chi connectivity index (χ0n) is 18.9. The van der Waals surface area contributed by atoms with E-state index < -0.39 is 0 Å². The van der Waals surface area contributed by atoms with Gasteiger partial charge in [0.05, 0.1) is 0 Å². The molecule has 32 heavy (non-hydrogen) atoms. The van der Waals surface area contributed by atoms with Crippen molar-refractivity contribution < 1.29 is 4.79 Å². The molecule has 0 atom stereocenters. The van der Waals surface area contributed by atoms with Gasteiger partial charge in [-0.15, -0.1) is 0 Å². The summed E-state index contributed by atoms with van der Waals surface area (Å²) in [5, 5.41) is 3.17. The number of hydrogen-bond acceptors (Lipinski definition) is 8. The standard InChI is InChI=1S/C24H29N7O/c1-4-21-26-23(29-24(28-21)31-13-11-30(3)12-14-31)27-22-16-19(9-10-25-22)20(32)15-18-7-5-17(2)6-8-18/h5-10,16H,4,11-15H2,1-3H3,(H,25,26,27,28,29). The van der Waals surface area contributed by atoms with Crippen molar-refractivity contribution in [1.29, 1.82) is 0 Å². The fourth-order valence-corrected chi connectivity index (χ4v) is 3.55. The van der Waals surface area contributed by atoms with E-state index in [0.29, 0.717) is 36.1 Å². The Balaban J connectivity index is 1.50. The molecule has 8 nitrogen and oxygen atoms in total. The number of aromatic nitrogens is 4. The molecule has 2 aromatic heterocycles. The van der Waals surface area contributed by atoms with Crippen molar-refractivity contribution in [3.8, 4) is 0 Å². The Morgan fingerprint density at radius 3 is 2.50 bits per heavy atom. The minimum atomic E-state index is 0.0438. The maximum absolute atomic E-state index is 12.8. The highest BCUT2D eigenvalue weighted by Gasteiger charge is 2.18. The molecule has 1 aliphatic heterocycles. The van der Waals surface area contributed by atoms with Crippen molar-refractivity contribution in [3.63, 3.8) is 0 Å². The average molecular weight is 432 g/mol. The van der Waals surface area contributed by atoms with Gasteiger partial charge in [-0.05, 0) is 31.7 Å². The van der Waals surface area contributed by atoms with Crippen LogP contribution in [0.4, 0.5) is 17.7 Å². The molecule has 0 spiro atoms. The number of nitrogens with one attached hydrogen (secondary N) is 1. The van der Waals surface area contributed by atoms with E-state index in [-0.39, 0.29) is 5.78 Å². The van der Waals surface area contributed by atoms with E-state index in [4.69, 9.17) is 0 Å². The molecule has 3 heterocycles. The number of aryl methyl sites for hydroxylation is 2. The number of rotatable bonds is 7. The maximum Gasteiger partial charge on any atom is 0.233 e. The lowest BCUT2D eigenvalue weighted by Crippen LogP contribution is -2.45. The summed E-state index contributed by atoms with van der Waals surface area (Å²) in [5.74, 6) is 2.43. The summed E-state index contributed by atoms with van der Waals surface area (Å²) in [5.41, 5.74) is 2.78. The fourth-order valence-electron chi connectivity index (χ4n) is 3.55. The molecule has 0 radical (unpaired) electrons. The molecule has 0 unspecified atom stereocenters. The second-order valence-corrected chi connectivity index (χ2v) is 8.16. The molecule has 166 valence electrons. The highest BCUT2D eigenvalue weighted by molar-refractivity contribution is 5.98. The van der Waals surface area contributed by atoms with Gasteiger partial charge in [0.25, 0.3) is 0 Å². The summed E-state index contributed by atoms with van der Waals surface area (Å²) in [6, 6.07) is 11.5. The lowest BCUT2D eigenvalue weighted by Gasteiger charge is -2.32. The molecule has 0 saturated carbocycles. The third-order valence-corrected chi connectivity index (χ3v) is 5.58. The molecule has 8 heteroatoms. The summed E-state index contributed by atoms with van der Waals surface area (Å²) >= 11 is 0. The highest BCUT2D eigenvalue weighted by Crippen LogP contribution is 2.18. The molecule has 1 aromatic carbocycles. The summed E-state index contributed by atoms with van der Waals surface area (Å²) in [4.78, 5) is 35.4. The molecule has 1 N–H and O–H groups in total. The molecule has 0 aliphatic carbocycles. The van der Waals surface area contributed by atoms with Crippen LogP contribution < -0.4 is 10.2 Å². The Morgan fingerprint density at radius 1 is 1.03 bits per heavy atom. The first kappa shape index (κ1) is 21.8. The number of anilines is 3. The molecular formula is C24H29N7O. The molecule has 4 rings (SSSR count). The molecule has 3 aromatic rings. The van der Waals surface area contributed by atoms with Gasteiger partial charge in [0.1, 0.15) is 11.6 Å². The lowest BCUT2D eigenvalue weighted by atomic mass is 10.0. The summed E-state index contributed by atoms with van der Waals surface area (Å²) in [7, 11) is 2.12. The van der Waals surface area contributed by atoms with E-state index in [2.05, 4.69) is 42.1 Å². The first-order valence-corrected chi connectivity index (χ1v) is 11.0. The number of carbonyl (C=O) groups excluding carboxylic acids is 1. The number of likely N-dealkylation sites (N-methyl/N-ethyl adjacent to an activating group) is 1. The van der Waals surface area contributed by atoms with Crippen LogP contribution in [0.2, 0.25) is 0 Å². The average Bonchev–Trinajstić information content (AvgIpc) is 2.81. The van der Waals surface area contributed by atoms with Crippen LogP contribution in [0.5, 0.6) is 0 Å². The van der Waals surface area contributed by atoms with Crippen LogP contribution in [0.1, 0.15) is 34.2 Å². The summed E-state index contributed by atoms with van der Waals surface area (Å²) in [6.07, 6.45) is 2.69. The van der Waals surface area contributed by atoms with Crippen LogP contribution >= 0.6 is 0 Å². The van der Waals surface area contributed by atoms with Crippen LogP contribution in [0, 0.1) is 6.92 Å². The first-order valence-electron chi connectivity index (χ1n) is 11.0. The van der Waals surface area contributed by atoms with Crippen molar-refractivity contribution >= 4 is 23.5 Å². The quantitative estimate of drug-likeness (QED) is 0.571. The number of benzene rings is 1. The van der Waals surface area contributed by atoms with Crippen LogP contribution in [0.15, 0.2) is 42.6 Å². The van der Waals surface area contributed by atoms with Crippen molar-refractivity contribution in [1.82, 2.24) is 24.8 Å². The Kier molecular flexibility index (Phi) is 6.70. The number of Topliss-reactive ketones (excluding diaryl/α,β-unsaturated/α-hetero) is 1. The molecular weight excluding hydrogens is 402 g/mol. The number of carbonyl (C=O) groups is 1. The first-order chi connectivity index (χ1) is 15.5. The number of pyridine rings is 1. The van der Waals surface area contributed by atoms with Crippen molar-refractivity contribution in [2.24, 2.45) is 0 Å². The van der Waals surface area contributed by atoms with E-state index in [1.807, 2.05) is 38.1 Å². The minimum absolute atomic E-state index is 0.0438. The number of hydrogen-bond donors (Lipinski definition) is 1. The third kappa shape index (κ3) is 5.45. The molecule has 0 amide bonds. The normalized spacial score (nSPS) is 14.4.